The molecule has 3 aromatic carbocycles. The van der Waals surface area contributed by atoms with Crippen molar-refractivity contribution in [2.45, 2.75) is 19.6 Å². The molecule has 4 aromatic rings. The summed E-state index contributed by atoms with van der Waals surface area (Å²) in [6.45, 7) is 2.83. The molecule has 1 atom stereocenters. The van der Waals surface area contributed by atoms with E-state index in [2.05, 4.69) is 54.0 Å². The number of ether oxygens (including phenoxy) is 1. The Bertz CT molecular complexity index is 961. The zero-order chi connectivity index (χ0) is 17.1. The average molecular weight is 328 g/mol. The van der Waals surface area contributed by atoms with Crippen molar-refractivity contribution in [3.8, 4) is 5.75 Å². The van der Waals surface area contributed by atoms with Gasteiger partial charge in [-0.15, -0.1) is 0 Å². The topological polar surface area (TPSA) is 27.1 Å². The molecular weight excluding hydrogens is 308 g/mol. The highest BCUT2D eigenvalue weighted by atomic mass is 16.5. The SMILES string of the molecule is CC(Oc1ccccc1)c1nc2ccccc2n1Cc1ccccc1. The van der Waals surface area contributed by atoms with Gasteiger partial charge in [0.25, 0.3) is 0 Å². The van der Waals surface area contributed by atoms with Gasteiger partial charge < -0.3 is 9.30 Å². The smallest absolute Gasteiger partial charge is 0.153 e. The summed E-state index contributed by atoms with van der Waals surface area (Å²) in [5.41, 5.74) is 3.38. The molecule has 3 heteroatoms. The molecule has 0 radical (unpaired) electrons. The van der Waals surface area contributed by atoms with Crippen molar-refractivity contribution in [1.82, 2.24) is 9.55 Å². The van der Waals surface area contributed by atoms with Crippen LogP contribution >= 0.6 is 0 Å². The monoisotopic (exact) mass is 328 g/mol. The van der Waals surface area contributed by atoms with Crippen LogP contribution in [0.2, 0.25) is 0 Å². The van der Waals surface area contributed by atoms with Crippen molar-refractivity contribution >= 4 is 11.0 Å². The Morgan fingerprint density at radius 1 is 0.840 bits per heavy atom. The molecule has 0 aliphatic heterocycles. The lowest BCUT2D eigenvalue weighted by Crippen LogP contribution is -2.12. The minimum Gasteiger partial charge on any atom is -0.483 e. The maximum absolute atomic E-state index is 6.12. The lowest BCUT2D eigenvalue weighted by Gasteiger charge is -2.17. The zero-order valence-electron chi connectivity index (χ0n) is 14.2. The van der Waals surface area contributed by atoms with Crippen molar-refractivity contribution in [3.63, 3.8) is 0 Å². The van der Waals surface area contributed by atoms with Crippen molar-refractivity contribution < 1.29 is 4.74 Å². The van der Waals surface area contributed by atoms with Crippen LogP contribution < -0.4 is 4.74 Å². The van der Waals surface area contributed by atoms with Crippen LogP contribution in [0.1, 0.15) is 24.4 Å². The Morgan fingerprint density at radius 2 is 1.48 bits per heavy atom. The van der Waals surface area contributed by atoms with Gasteiger partial charge in [-0.05, 0) is 36.8 Å². The zero-order valence-corrected chi connectivity index (χ0v) is 14.2. The molecule has 0 saturated heterocycles. The molecule has 0 bridgehead atoms. The number of fused-ring (bicyclic) bond motifs is 1. The highest BCUT2D eigenvalue weighted by Crippen LogP contribution is 2.26. The van der Waals surface area contributed by atoms with Crippen LogP contribution in [0.5, 0.6) is 5.75 Å². The third-order valence-corrected chi connectivity index (χ3v) is 4.29. The summed E-state index contributed by atoms with van der Waals surface area (Å²) in [5.74, 6) is 1.79. The van der Waals surface area contributed by atoms with Crippen LogP contribution in [0, 0.1) is 0 Å². The fraction of sp³-hybridized carbons (Fsp3) is 0.136. The van der Waals surface area contributed by atoms with E-state index in [1.807, 2.05) is 42.5 Å². The number of hydrogen-bond acceptors (Lipinski definition) is 2. The fourth-order valence-electron chi connectivity index (χ4n) is 3.09. The van der Waals surface area contributed by atoms with E-state index >= 15 is 0 Å². The van der Waals surface area contributed by atoms with Crippen LogP contribution in [0.3, 0.4) is 0 Å². The van der Waals surface area contributed by atoms with E-state index in [1.165, 1.54) is 5.56 Å². The number of imidazole rings is 1. The Kier molecular flexibility index (Phi) is 4.21. The van der Waals surface area contributed by atoms with Gasteiger partial charge in [-0.1, -0.05) is 60.7 Å². The molecule has 0 saturated carbocycles. The molecule has 0 fully saturated rings. The fourth-order valence-corrected chi connectivity index (χ4v) is 3.09. The number of rotatable bonds is 5. The molecule has 4 rings (SSSR count). The quantitative estimate of drug-likeness (QED) is 0.502. The second-order valence-corrected chi connectivity index (χ2v) is 6.10. The maximum Gasteiger partial charge on any atom is 0.153 e. The predicted octanol–water partition coefficient (Wildman–Crippen LogP) is 5.22. The molecule has 0 aliphatic rings. The lowest BCUT2D eigenvalue weighted by molar-refractivity contribution is 0.212. The molecule has 25 heavy (non-hydrogen) atoms. The first kappa shape index (κ1) is 15.5. The van der Waals surface area contributed by atoms with Gasteiger partial charge >= 0.3 is 0 Å². The second-order valence-electron chi connectivity index (χ2n) is 6.10. The summed E-state index contributed by atoms with van der Waals surface area (Å²) < 4.78 is 8.37. The van der Waals surface area contributed by atoms with E-state index in [9.17, 15) is 0 Å². The van der Waals surface area contributed by atoms with Crippen molar-refractivity contribution in [1.29, 1.82) is 0 Å². The largest absolute Gasteiger partial charge is 0.483 e. The average Bonchev–Trinajstić information content (AvgIpc) is 3.02. The van der Waals surface area contributed by atoms with Crippen LogP contribution in [-0.2, 0) is 6.54 Å². The summed E-state index contributed by atoms with van der Waals surface area (Å²) in [6, 6.07) is 28.6. The Labute approximate surface area is 147 Å². The number of nitrogens with zero attached hydrogens (tertiary/aromatic N) is 2. The molecule has 0 amide bonds. The van der Waals surface area contributed by atoms with Gasteiger partial charge in [0.05, 0.1) is 11.0 Å². The Hall–Kier alpha value is -3.07. The highest BCUT2D eigenvalue weighted by Gasteiger charge is 2.18. The predicted molar refractivity (Wildman–Crippen MR) is 101 cm³/mol. The van der Waals surface area contributed by atoms with Crippen LogP contribution in [-0.4, -0.2) is 9.55 Å². The highest BCUT2D eigenvalue weighted by molar-refractivity contribution is 5.76. The third-order valence-electron chi connectivity index (χ3n) is 4.29. The maximum atomic E-state index is 6.12. The van der Waals surface area contributed by atoms with Gasteiger partial charge in [0.1, 0.15) is 5.75 Å². The van der Waals surface area contributed by atoms with E-state index in [4.69, 9.17) is 9.72 Å². The molecule has 1 heterocycles. The number of aromatic nitrogens is 2. The van der Waals surface area contributed by atoms with Crippen molar-refractivity contribution in [2.24, 2.45) is 0 Å². The Balaban J connectivity index is 1.73. The molecule has 3 nitrogen and oxygen atoms in total. The van der Waals surface area contributed by atoms with E-state index in [-0.39, 0.29) is 6.10 Å². The number of hydrogen-bond donors (Lipinski definition) is 0. The van der Waals surface area contributed by atoms with Gasteiger partial charge in [-0.2, -0.15) is 0 Å². The number of benzene rings is 3. The molecule has 1 unspecified atom stereocenters. The molecule has 0 aliphatic carbocycles. The van der Waals surface area contributed by atoms with Crippen LogP contribution in [0.15, 0.2) is 84.9 Å². The molecule has 0 N–H and O–H groups in total. The van der Waals surface area contributed by atoms with Crippen LogP contribution in [0.4, 0.5) is 0 Å². The normalized spacial score (nSPS) is 12.2. The first-order valence-electron chi connectivity index (χ1n) is 8.52. The standard InChI is InChI=1S/C22H20N2O/c1-17(25-19-12-6-3-7-13-19)22-23-20-14-8-9-15-21(20)24(22)16-18-10-4-2-5-11-18/h2-15,17H,16H2,1H3. The van der Waals surface area contributed by atoms with E-state index < -0.39 is 0 Å². The lowest BCUT2D eigenvalue weighted by atomic mass is 10.2. The van der Waals surface area contributed by atoms with E-state index in [1.54, 1.807) is 0 Å². The molecule has 1 aromatic heterocycles. The second kappa shape index (κ2) is 6.81. The minimum atomic E-state index is -0.140. The molecule has 0 spiro atoms. The van der Waals surface area contributed by atoms with Gasteiger partial charge in [-0.25, -0.2) is 4.98 Å². The number of para-hydroxylation sites is 3. The van der Waals surface area contributed by atoms with Gasteiger partial charge in [0.15, 0.2) is 11.9 Å². The molecular formula is C22H20N2O. The summed E-state index contributed by atoms with van der Waals surface area (Å²) in [7, 11) is 0. The van der Waals surface area contributed by atoms with Crippen molar-refractivity contribution in [3.05, 3.63) is 96.3 Å². The molecule has 124 valence electrons. The first-order chi connectivity index (χ1) is 12.3. The Morgan fingerprint density at radius 3 is 2.24 bits per heavy atom. The summed E-state index contributed by atoms with van der Waals surface area (Å²) in [5, 5.41) is 0. The van der Waals surface area contributed by atoms with Gasteiger partial charge in [0, 0.05) is 6.54 Å². The van der Waals surface area contributed by atoms with Crippen LogP contribution in [0.25, 0.3) is 11.0 Å². The minimum absolute atomic E-state index is 0.140. The van der Waals surface area contributed by atoms with E-state index in [0.29, 0.717) is 0 Å². The summed E-state index contributed by atoms with van der Waals surface area (Å²) in [6.07, 6.45) is -0.140. The van der Waals surface area contributed by atoms with E-state index in [0.717, 1.165) is 29.2 Å². The summed E-state index contributed by atoms with van der Waals surface area (Å²) in [4.78, 5) is 4.84. The van der Waals surface area contributed by atoms with Gasteiger partial charge in [-0.3, -0.25) is 0 Å². The first-order valence-corrected chi connectivity index (χ1v) is 8.52. The third kappa shape index (κ3) is 3.26. The van der Waals surface area contributed by atoms with Gasteiger partial charge in [0.2, 0.25) is 0 Å². The summed E-state index contributed by atoms with van der Waals surface area (Å²) >= 11 is 0. The van der Waals surface area contributed by atoms with Crippen molar-refractivity contribution in [2.75, 3.05) is 0 Å².